The van der Waals surface area contributed by atoms with Crippen molar-refractivity contribution in [2.45, 2.75) is 20.4 Å². The zero-order chi connectivity index (χ0) is 11.4. The van der Waals surface area contributed by atoms with E-state index in [2.05, 4.69) is 17.7 Å². The van der Waals surface area contributed by atoms with Gasteiger partial charge in [-0.3, -0.25) is 0 Å². The number of aryl methyl sites for hydroxylation is 2. The molecule has 0 unspecified atom stereocenters. The van der Waals surface area contributed by atoms with Crippen LogP contribution in [0, 0.1) is 13.8 Å². The maximum atomic E-state index is 11.2. The molecule has 3 nitrogen and oxygen atoms in total. The van der Waals surface area contributed by atoms with E-state index < -0.39 is 0 Å². The smallest absolute Gasteiger partial charge is 0.409 e. The molecule has 1 aromatic carbocycles. The van der Waals surface area contributed by atoms with Crippen molar-refractivity contribution in [2.24, 2.45) is 0 Å². The summed E-state index contributed by atoms with van der Waals surface area (Å²) in [5.41, 5.74) is 3.58. The summed E-state index contributed by atoms with van der Waals surface area (Å²) in [5, 5.41) is 0. The van der Waals surface area contributed by atoms with Crippen LogP contribution in [-0.4, -0.2) is 25.2 Å². The lowest BCUT2D eigenvalue weighted by Gasteiger charge is -2.17. The monoisotopic (exact) mass is 207 g/mol. The Morgan fingerprint density at radius 1 is 1.40 bits per heavy atom. The summed E-state index contributed by atoms with van der Waals surface area (Å²) < 4.78 is 4.63. The zero-order valence-electron chi connectivity index (χ0n) is 9.70. The van der Waals surface area contributed by atoms with Gasteiger partial charge >= 0.3 is 6.09 Å². The first-order valence-electron chi connectivity index (χ1n) is 4.90. The number of hydrogen-bond donors (Lipinski definition) is 0. The number of carbonyl (C=O) groups excluding carboxylic acids is 1. The van der Waals surface area contributed by atoms with Gasteiger partial charge in [-0.2, -0.15) is 0 Å². The van der Waals surface area contributed by atoms with Crippen molar-refractivity contribution < 1.29 is 9.53 Å². The van der Waals surface area contributed by atoms with Crippen molar-refractivity contribution in [3.05, 3.63) is 34.9 Å². The second-order valence-corrected chi connectivity index (χ2v) is 3.76. The molecule has 0 aliphatic rings. The molecule has 0 bridgehead atoms. The van der Waals surface area contributed by atoms with Gasteiger partial charge in [0.25, 0.3) is 0 Å². The van der Waals surface area contributed by atoms with Gasteiger partial charge in [0.05, 0.1) is 7.11 Å². The summed E-state index contributed by atoms with van der Waals surface area (Å²) in [7, 11) is 3.12. The summed E-state index contributed by atoms with van der Waals surface area (Å²) in [6, 6.07) is 6.21. The fraction of sp³-hybridized carbons (Fsp3) is 0.417. The lowest BCUT2D eigenvalue weighted by molar-refractivity contribution is 0.131. The molecule has 0 saturated carbocycles. The average Bonchev–Trinajstić information content (AvgIpc) is 2.20. The highest BCUT2D eigenvalue weighted by atomic mass is 16.5. The Hall–Kier alpha value is -1.51. The van der Waals surface area contributed by atoms with E-state index in [1.54, 1.807) is 11.9 Å². The predicted octanol–water partition coefficient (Wildman–Crippen LogP) is 2.50. The molecule has 82 valence electrons. The summed E-state index contributed by atoms with van der Waals surface area (Å²) >= 11 is 0. The lowest BCUT2D eigenvalue weighted by Crippen LogP contribution is -2.26. The van der Waals surface area contributed by atoms with Gasteiger partial charge in [-0.15, -0.1) is 0 Å². The van der Waals surface area contributed by atoms with Crippen LogP contribution in [0.1, 0.15) is 16.7 Å². The molecule has 0 heterocycles. The third kappa shape index (κ3) is 2.98. The highest BCUT2D eigenvalue weighted by molar-refractivity contribution is 5.67. The molecule has 0 spiro atoms. The molecular weight excluding hydrogens is 190 g/mol. The SMILES string of the molecule is COC(=O)N(C)Cc1ccc(C)cc1C. The van der Waals surface area contributed by atoms with Crippen molar-refractivity contribution in [1.82, 2.24) is 4.90 Å². The minimum Gasteiger partial charge on any atom is -0.453 e. The van der Waals surface area contributed by atoms with E-state index >= 15 is 0 Å². The summed E-state index contributed by atoms with van der Waals surface area (Å²) in [4.78, 5) is 12.8. The van der Waals surface area contributed by atoms with Gasteiger partial charge in [0.15, 0.2) is 0 Å². The number of nitrogens with zero attached hydrogens (tertiary/aromatic N) is 1. The van der Waals surface area contributed by atoms with Crippen LogP contribution in [0.15, 0.2) is 18.2 Å². The average molecular weight is 207 g/mol. The fourth-order valence-electron chi connectivity index (χ4n) is 1.50. The fourth-order valence-corrected chi connectivity index (χ4v) is 1.50. The van der Waals surface area contributed by atoms with Gasteiger partial charge in [0.2, 0.25) is 0 Å². The topological polar surface area (TPSA) is 29.5 Å². The van der Waals surface area contributed by atoms with Gasteiger partial charge in [-0.25, -0.2) is 4.79 Å². The van der Waals surface area contributed by atoms with Crippen LogP contribution in [0.3, 0.4) is 0 Å². The first-order chi connectivity index (χ1) is 7.04. The number of rotatable bonds is 2. The predicted molar refractivity (Wildman–Crippen MR) is 59.8 cm³/mol. The molecule has 0 aromatic heterocycles. The Morgan fingerprint density at radius 3 is 2.60 bits per heavy atom. The third-order valence-electron chi connectivity index (χ3n) is 2.39. The van der Waals surface area contributed by atoms with Crippen molar-refractivity contribution in [2.75, 3.05) is 14.2 Å². The van der Waals surface area contributed by atoms with Gasteiger partial charge in [0, 0.05) is 13.6 Å². The molecule has 15 heavy (non-hydrogen) atoms. The van der Waals surface area contributed by atoms with Crippen molar-refractivity contribution in [3.63, 3.8) is 0 Å². The second kappa shape index (κ2) is 4.82. The molecule has 0 atom stereocenters. The number of carbonyl (C=O) groups is 1. The summed E-state index contributed by atoms with van der Waals surface area (Å²) in [5.74, 6) is 0. The van der Waals surface area contributed by atoms with E-state index in [4.69, 9.17) is 0 Å². The standard InChI is InChI=1S/C12H17NO2/c1-9-5-6-11(10(2)7-9)8-13(3)12(14)15-4/h5-7H,8H2,1-4H3. The number of hydrogen-bond acceptors (Lipinski definition) is 2. The Balaban J connectivity index is 2.76. The second-order valence-electron chi connectivity index (χ2n) is 3.76. The molecule has 1 amide bonds. The first-order valence-corrected chi connectivity index (χ1v) is 4.90. The van der Waals surface area contributed by atoms with E-state index in [9.17, 15) is 4.79 Å². The normalized spacial score (nSPS) is 9.87. The largest absolute Gasteiger partial charge is 0.453 e. The quantitative estimate of drug-likeness (QED) is 0.745. The van der Waals surface area contributed by atoms with Gasteiger partial charge in [-0.05, 0) is 25.0 Å². The maximum Gasteiger partial charge on any atom is 0.409 e. The van der Waals surface area contributed by atoms with E-state index in [-0.39, 0.29) is 6.09 Å². The van der Waals surface area contributed by atoms with Crippen LogP contribution < -0.4 is 0 Å². The molecule has 0 N–H and O–H groups in total. The van der Waals surface area contributed by atoms with Crippen molar-refractivity contribution in [1.29, 1.82) is 0 Å². The Kier molecular flexibility index (Phi) is 3.72. The maximum absolute atomic E-state index is 11.2. The number of amides is 1. The molecule has 3 heteroatoms. The molecule has 0 aliphatic heterocycles. The van der Waals surface area contributed by atoms with Crippen LogP contribution >= 0.6 is 0 Å². The van der Waals surface area contributed by atoms with E-state index in [1.165, 1.54) is 18.2 Å². The van der Waals surface area contributed by atoms with Crippen molar-refractivity contribution >= 4 is 6.09 Å². The van der Waals surface area contributed by atoms with E-state index in [0.717, 1.165) is 5.56 Å². The molecule has 0 aliphatic carbocycles. The molecule has 1 aromatic rings. The zero-order valence-corrected chi connectivity index (χ0v) is 9.70. The minimum absolute atomic E-state index is 0.310. The van der Waals surface area contributed by atoms with Gasteiger partial charge in [0.1, 0.15) is 0 Å². The first kappa shape index (κ1) is 11.6. The Bertz CT molecular complexity index is 361. The Morgan fingerprint density at radius 2 is 2.07 bits per heavy atom. The van der Waals surface area contributed by atoms with E-state index in [1.807, 2.05) is 19.1 Å². The van der Waals surface area contributed by atoms with Crippen LogP contribution in [0.5, 0.6) is 0 Å². The number of methoxy groups -OCH3 is 1. The summed E-state index contributed by atoms with van der Waals surface area (Å²) in [6.45, 7) is 4.69. The number of ether oxygens (including phenoxy) is 1. The van der Waals surface area contributed by atoms with E-state index in [0.29, 0.717) is 6.54 Å². The molecule has 0 saturated heterocycles. The van der Waals surface area contributed by atoms with Gasteiger partial charge in [-0.1, -0.05) is 23.8 Å². The number of benzene rings is 1. The van der Waals surface area contributed by atoms with Crippen LogP contribution in [0.2, 0.25) is 0 Å². The van der Waals surface area contributed by atoms with Gasteiger partial charge < -0.3 is 9.64 Å². The minimum atomic E-state index is -0.310. The Labute approximate surface area is 90.7 Å². The highest BCUT2D eigenvalue weighted by Crippen LogP contribution is 2.12. The van der Waals surface area contributed by atoms with Crippen LogP contribution in [-0.2, 0) is 11.3 Å². The molecule has 0 radical (unpaired) electrons. The molecule has 1 rings (SSSR count). The molecule has 0 fully saturated rings. The summed E-state index contributed by atoms with van der Waals surface area (Å²) in [6.07, 6.45) is -0.310. The lowest BCUT2D eigenvalue weighted by atomic mass is 10.1. The third-order valence-corrected chi connectivity index (χ3v) is 2.39. The highest BCUT2D eigenvalue weighted by Gasteiger charge is 2.09. The van der Waals surface area contributed by atoms with Crippen molar-refractivity contribution in [3.8, 4) is 0 Å². The van der Waals surface area contributed by atoms with Crippen LogP contribution in [0.25, 0.3) is 0 Å². The molecular formula is C12H17NO2. The van der Waals surface area contributed by atoms with Crippen LogP contribution in [0.4, 0.5) is 4.79 Å².